The van der Waals surface area contributed by atoms with Crippen molar-refractivity contribution in [3.8, 4) is 0 Å². The average Bonchev–Trinajstić information content (AvgIpc) is 2.33. The molecule has 1 aliphatic heterocycles. The van der Waals surface area contributed by atoms with E-state index >= 15 is 0 Å². The van der Waals surface area contributed by atoms with Crippen LogP contribution < -0.4 is 5.32 Å². The standard InChI is InChI=1S/C8H15N3O6/c1-11(10-15)8(14)9-5-4(12)3-17-7(16-2)6(5)13/h4-7,12-13H,3H2,1-2H3,(H,9,14)/t4-,5+,6-,7-/m1/s1. The molecule has 9 heteroatoms. The maximum absolute atomic E-state index is 11.3. The fourth-order valence-corrected chi connectivity index (χ4v) is 1.45. The first kappa shape index (κ1) is 13.8. The second kappa shape index (κ2) is 5.87. The SMILES string of the molecule is CO[C@@H]1OC[C@@H](O)[C@H](NC(=O)N(C)N=O)[C@H]1O. The second-order valence-corrected chi connectivity index (χ2v) is 3.58. The van der Waals surface area contributed by atoms with Gasteiger partial charge in [0.25, 0.3) is 0 Å². The monoisotopic (exact) mass is 249 g/mol. The van der Waals surface area contributed by atoms with Gasteiger partial charge in [-0.1, -0.05) is 0 Å². The quantitative estimate of drug-likeness (QED) is 0.409. The Bertz CT molecular complexity index is 288. The van der Waals surface area contributed by atoms with Crippen molar-refractivity contribution >= 4 is 6.03 Å². The van der Waals surface area contributed by atoms with Crippen molar-refractivity contribution in [1.82, 2.24) is 10.3 Å². The van der Waals surface area contributed by atoms with Crippen LogP contribution in [0.5, 0.6) is 0 Å². The molecule has 0 aliphatic carbocycles. The summed E-state index contributed by atoms with van der Waals surface area (Å²) in [6.07, 6.45) is -3.29. The van der Waals surface area contributed by atoms with Crippen LogP contribution >= 0.6 is 0 Å². The van der Waals surface area contributed by atoms with E-state index in [9.17, 15) is 19.9 Å². The molecule has 1 heterocycles. The number of aliphatic hydroxyl groups excluding tert-OH is 2. The number of carbonyl (C=O) groups is 1. The summed E-state index contributed by atoms with van der Waals surface area (Å²) in [6, 6.07) is -1.83. The van der Waals surface area contributed by atoms with Gasteiger partial charge in [0.2, 0.25) is 0 Å². The van der Waals surface area contributed by atoms with Crippen molar-refractivity contribution in [3.05, 3.63) is 4.91 Å². The van der Waals surface area contributed by atoms with Crippen LogP contribution in [0.3, 0.4) is 0 Å². The molecule has 0 aromatic heterocycles. The van der Waals surface area contributed by atoms with Crippen molar-refractivity contribution in [2.75, 3.05) is 20.8 Å². The normalized spacial score (nSPS) is 32.9. The number of nitrogens with one attached hydrogen (secondary N) is 1. The van der Waals surface area contributed by atoms with Crippen LogP contribution in [-0.2, 0) is 9.47 Å². The fourth-order valence-electron chi connectivity index (χ4n) is 1.45. The van der Waals surface area contributed by atoms with Crippen LogP contribution in [0, 0.1) is 4.91 Å². The Labute approximate surface area is 97.2 Å². The minimum Gasteiger partial charge on any atom is -0.388 e. The number of methoxy groups -OCH3 is 1. The summed E-state index contributed by atoms with van der Waals surface area (Å²) in [7, 11) is 2.47. The number of hydrogen-bond acceptors (Lipinski definition) is 7. The summed E-state index contributed by atoms with van der Waals surface area (Å²) in [5.41, 5.74) is 0. The number of nitroso groups, excluding NO2 is 1. The van der Waals surface area contributed by atoms with Crippen LogP contribution in [-0.4, -0.2) is 66.6 Å². The van der Waals surface area contributed by atoms with Crippen molar-refractivity contribution in [2.24, 2.45) is 5.29 Å². The van der Waals surface area contributed by atoms with Gasteiger partial charge < -0.3 is 25.0 Å². The van der Waals surface area contributed by atoms with Gasteiger partial charge in [0.1, 0.15) is 12.2 Å². The third kappa shape index (κ3) is 3.09. The maximum atomic E-state index is 11.3. The van der Waals surface area contributed by atoms with Crippen molar-refractivity contribution in [2.45, 2.75) is 24.5 Å². The molecule has 4 atom stereocenters. The molecule has 0 unspecified atom stereocenters. The van der Waals surface area contributed by atoms with Gasteiger partial charge in [-0.2, -0.15) is 5.01 Å². The summed E-state index contributed by atoms with van der Waals surface area (Å²) in [4.78, 5) is 21.5. The van der Waals surface area contributed by atoms with E-state index in [1.165, 1.54) is 7.11 Å². The maximum Gasteiger partial charge on any atom is 0.340 e. The lowest BCUT2D eigenvalue weighted by Gasteiger charge is -2.37. The molecule has 1 fully saturated rings. The van der Waals surface area contributed by atoms with E-state index in [2.05, 4.69) is 10.6 Å². The largest absolute Gasteiger partial charge is 0.388 e. The Morgan fingerprint density at radius 3 is 2.76 bits per heavy atom. The van der Waals surface area contributed by atoms with Gasteiger partial charge in [-0.05, 0) is 0 Å². The lowest BCUT2D eigenvalue weighted by Crippen LogP contribution is -2.61. The fraction of sp³-hybridized carbons (Fsp3) is 0.875. The molecule has 0 bridgehead atoms. The Morgan fingerprint density at radius 2 is 2.24 bits per heavy atom. The Balaban J connectivity index is 2.66. The Hall–Kier alpha value is -1.29. The third-order valence-corrected chi connectivity index (χ3v) is 2.43. The number of rotatable bonds is 3. The number of amides is 2. The predicted molar refractivity (Wildman–Crippen MR) is 54.6 cm³/mol. The van der Waals surface area contributed by atoms with Gasteiger partial charge in [0.15, 0.2) is 6.29 Å². The highest BCUT2D eigenvalue weighted by molar-refractivity contribution is 5.73. The number of ether oxygens (including phenoxy) is 2. The molecule has 98 valence electrons. The van der Waals surface area contributed by atoms with Crippen molar-refractivity contribution < 1.29 is 24.5 Å². The van der Waals surface area contributed by atoms with Gasteiger partial charge in [-0.3, -0.25) is 0 Å². The molecule has 0 aromatic rings. The lowest BCUT2D eigenvalue weighted by atomic mass is 10.0. The van der Waals surface area contributed by atoms with Crippen LogP contribution in [0.25, 0.3) is 0 Å². The van der Waals surface area contributed by atoms with Crippen LogP contribution in [0.4, 0.5) is 4.79 Å². The van der Waals surface area contributed by atoms with Gasteiger partial charge >= 0.3 is 6.03 Å². The van der Waals surface area contributed by atoms with E-state index in [1.807, 2.05) is 0 Å². The Kier molecular flexibility index (Phi) is 4.75. The minimum atomic E-state index is -1.24. The molecule has 9 nitrogen and oxygen atoms in total. The highest BCUT2D eigenvalue weighted by Gasteiger charge is 2.40. The molecule has 0 radical (unpaired) electrons. The number of hydrogen-bond donors (Lipinski definition) is 3. The molecular formula is C8H15N3O6. The number of nitrogens with zero attached hydrogens (tertiary/aromatic N) is 2. The zero-order valence-corrected chi connectivity index (χ0v) is 9.44. The van der Waals surface area contributed by atoms with E-state index in [1.54, 1.807) is 0 Å². The van der Waals surface area contributed by atoms with Crippen LogP contribution in [0.2, 0.25) is 0 Å². The first-order valence-corrected chi connectivity index (χ1v) is 4.89. The second-order valence-electron chi connectivity index (χ2n) is 3.58. The molecule has 3 N–H and O–H groups in total. The third-order valence-electron chi connectivity index (χ3n) is 2.43. The molecule has 2 amide bonds. The highest BCUT2D eigenvalue weighted by Crippen LogP contribution is 2.16. The molecule has 0 saturated carbocycles. The zero-order chi connectivity index (χ0) is 13.0. The van der Waals surface area contributed by atoms with Crippen LogP contribution in [0.1, 0.15) is 0 Å². The smallest absolute Gasteiger partial charge is 0.340 e. The number of aliphatic hydroxyl groups is 2. The van der Waals surface area contributed by atoms with Crippen LogP contribution in [0.15, 0.2) is 5.29 Å². The summed E-state index contributed by atoms with van der Waals surface area (Å²) < 4.78 is 9.79. The predicted octanol–water partition coefficient (Wildman–Crippen LogP) is -1.60. The zero-order valence-electron chi connectivity index (χ0n) is 9.44. The first-order valence-electron chi connectivity index (χ1n) is 4.89. The van der Waals surface area contributed by atoms with Gasteiger partial charge in [0.05, 0.1) is 17.9 Å². The van der Waals surface area contributed by atoms with Crippen molar-refractivity contribution in [1.29, 1.82) is 0 Å². The topological polar surface area (TPSA) is 121 Å². The molecule has 0 spiro atoms. The van der Waals surface area contributed by atoms with E-state index in [-0.39, 0.29) is 6.61 Å². The van der Waals surface area contributed by atoms with E-state index < -0.39 is 30.6 Å². The average molecular weight is 249 g/mol. The lowest BCUT2D eigenvalue weighted by molar-refractivity contribution is -0.234. The summed E-state index contributed by atoms with van der Waals surface area (Å²) in [6.45, 7) is -0.0985. The van der Waals surface area contributed by atoms with Gasteiger partial charge in [-0.25, -0.2) is 4.79 Å². The van der Waals surface area contributed by atoms with Gasteiger partial charge in [0, 0.05) is 14.2 Å². The number of carbonyl (C=O) groups excluding carboxylic acids is 1. The minimum absolute atomic E-state index is 0.0985. The highest BCUT2D eigenvalue weighted by atomic mass is 16.7. The molecular weight excluding hydrogens is 234 g/mol. The summed E-state index contributed by atoms with van der Waals surface area (Å²) in [5.74, 6) is 0. The van der Waals surface area contributed by atoms with E-state index in [4.69, 9.17) is 9.47 Å². The summed E-state index contributed by atoms with van der Waals surface area (Å²) >= 11 is 0. The molecule has 17 heavy (non-hydrogen) atoms. The summed E-state index contributed by atoms with van der Waals surface area (Å²) in [5, 5.41) is 24.5. The van der Waals surface area contributed by atoms with Gasteiger partial charge in [-0.15, -0.1) is 4.91 Å². The molecule has 1 aliphatic rings. The number of urea groups is 1. The Morgan fingerprint density at radius 1 is 1.59 bits per heavy atom. The van der Waals surface area contributed by atoms with E-state index in [0.717, 1.165) is 7.05 Å². The first-order chi connectivity index (χ1) is 8.01. The molecule has 1 rings (SSSR count). The van der Waals surface area contributed by atoms with E-state index in [0.29, 0.717) is 5.01 Å². The van der Waals surface area contributed by atoms with Crippen molar-refractivity contribution in [3.63, 3.8) is 0 Å². The molecule has 1 saturated heterocycles. The molecule has 0 aromatic carbocycles.